The lowest BCUT2D eigenvalue weighted by atomic mass is 10.2. The zero-order chi connectivity index (χ0) is 14.7. The topological polar surface area (TPSA) is 66.8 Å². The van der Waals surface area contributed by atoms with Crippen LogP contribution in [0.4, 0.5) is 0 Å². The van der Waals surface area contributed by atoms with Crippen LogP contribution in [-0.4, -0.2) is 40.6 Å². The number of likely N-dealkylation sites (tertiary alicyclic amines) is 1. The summed E-state index contributed by atoms with van der Waals surface area (Å²) in [5.74, 6) is -0.660. The third kappa shape index (κ3) is 3.30. The Morgan fingerprint density at radius 2 is 2.25 bits per heavy atom. The zero-order valence-electron chi connectivity index (χ0n) is 11.1. The lowest BCUT2D eigenvalue weighted by Crippen LogP contribution is -2.46. The summed E-state index contributed by atoms with van der Waals surface area (Å²) < 4.78 is 6.44. The summed E-state index contributed by atoms with van der Waals surface area (Å²) >= 11 is 3.33. The summed E-state index contributed by atoms with van der Waals surface area (Å²) in [6.45, 7) is 2.11. The highest BCUT2D eigenvalue weighted by molar-refractivity contribution is 9.10. The monoisotopic (exact) mass is 341 g/mol. The number of aliphatic carboxylic acids is 1. The fraction of sp³-hybridized carbons (Fsp3) is 0.429. The van der Waals surface area contributed by atoms with Gasteiger partial charge in [-0.05, 0) is 38.0 Å². The molecule has 1 aromatic rings. The van der Waals surface area contributed by atoms with Gasteiger partial charge in [0, 0.05) is 11.0 Å². The largest absolute Gasteiger partial charge is 0.481 e. The summed E-state index contributed by atoms with van der Waals surface area (Å²) in [6, 6.07) is 6.47. The third-order valence-corrected chi connectivity index (χ3v) is 3.77. The molecule has 1 aliphatic rings. The first-order valence-electron chi connectivity index (χ1n) is 6.44. The summed E-state index contributed by atoms with van der Waals surface area (Å²) in [5, 5.41) is 9.10. The molecule has 108 valence electrons. The number of halogens is 1. The van der Waals surface area contributed by atoms with Crippen LogP contribution >= 0.6 is 15.9 Å². The highest BCUT2D eigenvalue weighted by Gasteiger charge is 2.36. The first kappa shape index (κ1) is 14.8. The maximum absolute atomic E-state index is 12.3. The summed E-state index contributed by atoms with van der Waals surface area (Å²) in [6.07, 6.45) is 0.515. The maximum atomic E-state index is 12.3. The molecule has 1 saturated heterocycles. The van der Waals surface area contributed by atoms with Gasteiger partial charge in [0.25, 0.3) is 5.91 Å². The first-order chi connectivity index (χ1) is 9.49. The molecule has 2 rings (SSSR count). The number of carboxylic acids is 1. The predicted octanol–water partition coefficient (Wildman–Crippen LogP) is 2.29. The van der Waals surface area contributed by atoms with E-state index in [1.807, 2.05) is 12.1 Å². The van der Waals surface area contributed by atoms with Crippen molar-refractivity contribution in [2.75, 3.05) is 6.54 Å². The van der Waals surface area contributed by atoms with Crippen molar-refractivity contribution in [3.05, 3.63) is 28.7 Å². The van der Waals surface area contributed by atoms with Gasteiger partial charge in [0.1, 0.15) is 11.8 Å². The Balaban J connectivity index is 2.03. The van der Waals surface area contributed by atoms with E-state index >= 15 is 0 Å². The molecule has 1 heterocycles. The molecule has 0 bridgehead atoms. The molecule has 0 aliphatic carbocycles. The molecule has 2 atom stereocenters. The molecule has 0 saturated carbocycles. The molecule has 2 unspecified atom stereocenters. The summed E-state index contributed by atoms with van der Waals surface area (Å²) in [5.41, 5.74) is 0. The van der Waals surface area contributed by atoms with Crippen molar-refractivity contribution in [2.45, 2.75) is 31.9 Å². The van der Waals surface area contributed by atoms with Crippen LogP contribution in [0.5, 0.6) is 5.75 Å². The van der Waals surface area contributed by atoms with E-state index in [0.29, 0.717) is 25.1 Å². The quantitative estimate of drug-likeness (QED) is 0.912. The summed E-state index contributed by atoms with van der Waals surface area (Å²) in [4.78, 5) is 24.8. The number of hydrogen-bond acceptors (Lipinski definition) is 3. The number of benzene rings is 1. The average molecular weight is 342 g/mol. The number of amides is 1. The molecule has 20 heavy (non-hydrogen) atoms. The van der Waals surface area contributed by atoms with Gasteiger partial charge in [-0.3, -0.25) is 4.79 Å². The fourth-order valence-corrected chi connectivity index (χ4v) is 2.69. The van der Waals surface area contributed by atoms with Crippen LogP contribution in [0, 0.1) is 0 Å². The van der Waals surface area contributed by atoms with Crippen molar-refractivity contribution < 1.29 is 19.4 Å². The van der Waals surface area contributed by atoms with E-state index in [0.717, 1.165) is 4.47 Å². The van der Waals surface area contributed by atoms with E-state index in [2.05, 4.69) is 15.9 Å². The Morgan fingerprint density at radius 1 is 1.50 bits per heavy atom. The van der Waals surface area contributed by atoms with E-state index in [-0.39, 0.29) is 5.91 Å². The minimum Gasteiger partial charge on any atom is -0.481 e. The number of carbonyl (C=O) groups excluding carboxylic acids is 1. The Bertz CT molecular complexity index is 520. The van der Waals surface area contributed by atoms with E-state index in [9.17, 15) is 9.59 Å². The maximum Gasteiger partial charge on any atom is 0.326 e. The number of carboxylic acid groups (broad SMARTS) is 1. The number of rotatable bonds is 4. The SMILES string of the molecule is CC(Oc1cccc(Br)c1)C(=O)N1CCCC1C(=O)O. The van der Waals surface area contributed by atoms with Gasteiger partial charge in [0.15, 0.2) is 6.10 Å². The molecule has 5 nitrogen and oxygen atoms in total. The van der Waals surface area contributed by atoms with Gasteiger partial charge in [-0.25, -0.2) is 4.79 Å². The highest BCUT2D eigenvalue weighted by Crippen LogP contribution is 2.22. The molecule has 1 N–H and O–H groups in total. The molecule has 1 fully saturated rings. The molecule has 1 aromatic carbocycles. The van der Waals surface area contributed by atoms with Gasteiger partial charge in [-0.15, -0.1) is 0 Å². The van der Waals surface area contributed by atoms with Crippen molar-refractivity contribution in [1.29, 1.82) is 0 Å². The van der Waals surface area contributed by atoms with Crippen LogP contribution < -0.4 is 4.74 Å². The van der Waals surface area contributed by atoms with Gasteiger partial charge < -0.3 is 14.7 Å². The van der Waals surface area contributed by atoms with E-state index in [4.69, 9.17) is 9.84 Å². The lowest BCUT2D eigenvalue weighted by molar-refractivity contribution is -0.150. The number of carbonyl (C=O) groups is 2. The number of nitrogens with zero attached hydrogens (tertiary/aromatic N) is 1. The summed E-state index contributed by atoms with van der Waals surface area (Å²) in [7, 11) is 0. The van der Waals surface area contributed by atoms with Crippen LogP contribution in [0.1, 0.15) is 19.8 Å². The van der Waals surface area contributed by atoms with E-state index in [1.165, 1.54) is 4.90 Å². The fourth-order valence-electron chi connectivity index (χ4n) is 2.32. The number of ether oxygens (including phenoxy) is 1. The van der Waals surface area contributed by atoms with Crippen molar-refractivity contribution in [2.24, 2.45) is 0 Å². The average Bonchev–Trinajstić information content (AvgIpc) is 2.87. The Hall–Kier alpha value is -1.56. The predicted molar refractivity (Wildman–Crippen MR) is 76.6 cm³/mol. The molecular weight excluding hydrogens is 326 g/mol. The van der Waals surface area contributed by atoms with Crippen LogP contribution in [-0.2, 0) is 9.59 Å². The Morgan fingerprint density at radius 3 is 2.90 bits per heavy atom. The second-order valence-electron chi connectivity index (χ2n) is 4.75. The number of hydrogen-bond donors (Lipinski definition) is 1. The third-order valence-electron chi connectivity index (χ3n) is 3.28. The van der Waals surface area contributed by atoms with Gasteiger partial charge in [-0.1, -0.05) is 22.0 Å². The smallest absolute Gasteiger partial charge is 0.326 e. The van der Waals surface area contributed by atoms with E-state index < -0.39 is 18.1 Å². The van der Waals surface area contributed by atoms with Gasteiger partial charge in [-0.2, -0.15) is 0 Å². The highest BCUT2D eigenvalue weighted by atomic mass is 79.9. The van der Waals surface area contributed by atoms with Crippen molar-refractivity contribution in [3.8, 4) is 5.75 Å². The molecule has 1 aliphatic heterocycles. The van der Waals surface area contributed by atoms with Crippen molar-refractivity contribution >= 4 is 27.8 Å². The second kappa shape index (κ2) is 6.26. The zero-order valence-corrected chi connectivity index (χ0v) is 12.7. The molecular formula is C14H16BrNO4. The van der Waals surface area contributed by atoms with Crippen LogP contribution in [0.2, 0.25) is 0 Å². The Labute approximate surface area is 125 Å². The minimum absolute atomic E-state index is 0.283. The van der Waals surface area contributed by atoms with Gasteiger partial charge >= 0.3 is 5.97 Å². The van der Waals surface area contributed by atoms with Crippen LogP contribution in [0.3, 0.4) is 0 Å². The molecule has 0 aromatic heterocycles. The Kier molecular flexibility index (Phi) is 4.65. The second-order valence-corrected chi connectivity index (χ2v) is 5.66. The molecule has 1 amide bonds. The van der Waals surface area contributed by atoms with Crippen molar-refractivity contribution in [3.63, 3.8) is 0 Å². The van der Waals surface area contributed by atoms with Gasteiger partial charge in [0.2, 0.25) is 0 Å². The van der Waals surface area contributed by atoms with Gasteiger partial charge in [0.05, 0.1) is 0 Å². The molecule has 0 spiro atoms. The molecule has 6 heteroatoms. The molecule has 0 radical (unpaired) electrons. The van der Waals surface area contributed by atoms with Crippen LogP contribution in [0.15, 0.2) is 28.7 Å². The minimum atomic E-state index is -0.953. The normalized spacial score (nSPS) is 19.7. The standard InChI is InChI=1S/C14H16BrNO4/c1-9(20-11-5-2-4-10(15)8-11)13(17)16-7-3-6-12(16)14(18)19/h2,4-5,8-9,12H,3,6-7H2,1H3,(H,18,19). The van der Waals surface area contributed by atoms with Crippen molar-refractivity contribution in [1.82, 2.24) is 4.90 Å². The van der Waals surface area contributed by atoms with Crippen LogP contribution in [0.25, 0.3) is 0 Å². The lowest BCUT2D eigenvalue weighted by Gasteiger charge is -2.25. The van der Waals surface area contributed by atoms with E-state index in [1.54, 1.807) is 19.1 Å². The first-order valence-corrected chi connectivity index (χ1v) is 7.24.